The van der Waals surface area contributed by atoms with Gasteiger partial charge in [-0.2, -0.15) is 0 Å². The fraction of sp³-hybridized carbons (Fsp3) is 0.125. The quantitative estimate of drug-likeness (QED) is 0.796. The Balaban J connectivity index is 2.10. The SMILES string of the molecule is Cc1c(OCC(=O)O)ccc2c(-c3cc(F)ccc3F)noc12. The molecule has 0 aliphatic rings. The molecule has 1 N–H and O–H groups in total. The molecule has 2 aromatic carbocycles. The summed E-state index contributed by atoms with van der Waals surface area (Å²) in [4.78, 5) is 10.6. The number of aliphatic carboxylic acids is 1. The number of rotatable bonds is 4. The van der Waals surface area contributed by atoms with E-state index in [1.807, 2.05) is 0 Å². The van der Waals surface area contributed by atoms with Crippen molar-refractivity contribution in [2.75, 3.05) is 6.61 Å². The van der Waals surface area contributed by atoms with Crippen LogP contribution in [0.15, 0.2) is 34.9 Å². The number of halogens is 2. The number of aromatic nitrogens is 1. The van der Waals surface area contributed by atoms with Crippen LogP contribution in [0.5, 0.6) is 5.75 Å². The molecule has 0 saturated carbocycles. The van der Waals surface area contributed by atoms with Gasteiger partial charge in [-0.1, -0.05) is 5.16 Å². The molecule has 3 aromatic rings. The average molecular weight is 319 g/mol. The lowest BCUT2D eigenvalue weighted by molar-refractivity contribution is -0.139. The van der Waals surface area contributed by atoms with E-state index in [0.717, 1.165) is 18.2 Å². The second kappa shape index (κ2) is 5.68. The highest BCUT2D eigenvalue weighted by molar-refractivity contribution is 5.94. The standard InChI is InChI=1S/C16H11F2NO4/c1-8-13(22-7-14(20)21)5-3-10-15(19-23-16(8)10)11-6-9(17)2-4-12(11)18/h2-6H,7H2,1H3,(H,20,21). The van der Waals surface area contributed by atoms with Crippen molar-refractivity contribution in [1.82, 2.24) is 5.16 Å². The van der Waals surface area contributed by atoms with E-state index >= 15 is 0 Å². The molecule has 0 spiro atoms. The number of nitrogens with zero attached hydrogens (tertiary/aromatic N) is 1. The van der Waals surface area contributed by atoms with E-state index in [4.69, 9.17) is 14.4 Å². The van der Waals surface area contributed by atoms with Crippen molar-refractivity contribution >= 4 is 16.9 Å². The molecule has 7 heteroatoms. The molecule has 5 nitrogen and oxygen atoms in total. The molecule has 3 rings (SSSR count). The third-order valence-electron chi connectivity index (χ3n) is 3.37. The Morgan fingerprint density at radius 2 is 2.09 bits per heavy atom. The fourth-order valence-corrected chi connectivity index (χ4v) is 2.29. The molecule has 1 aromatic heterocycles. The van der Waals surface area contributed by atoms with E-state index in [0.29, 0.717) is 22.3 Å². The average Bonchev–Trinajstić information content (AvgIpc) is 2.93. The minimum atomic E-state index is -1.11. The monoisotopic (exact) mass is 319 g/mol. The van der Waals surface area contributed by atoms with Crippen LogP contribution in [0, 0.1) is 18.6 Å². The van der Waals surface area contributed by atoms with E-state index in [2.05, 4.69) is 5.16 Å². The van der Waals surface area contributed by atoms with Gasteiger partial charge < -0.3 is 14.4 Å². The van der Waals surface area contributed by atoms with Gasteiger partial charge in [0.15, 0.2) is 12.2 Å². The van der Waals surface area contributed by atoms with E-state index < -0.39 is 24.2 Å². The van der Waals surface area contributed by atoms with Crippen molar-refractivity contribution in [2.45, 2.75) is 6.92 Å². The molecule has 0 bridgehead atoms. The highest BCUT2D eigenvalue weighted by Crippen LogP contribution is 2.35. The van der Waals surface area contributed by atoms with Crippen LogP contribution in [0.2, 0.25) is 0 Å². The molecule has 0 unspecified atom stereocenters. The van der Waals surface area contributed by atoms with Crippen LogP contribution in [0.3, 0.4) is 0 Å². The van der Waals surface area contributed by atoms with E-state index in [1.54, 1.807) is 19.1 Å². The first-order chi connectivity index (χ1) is 11.0. The van der Waals surface area contributed by atoms with Gasteiger partial charge >= 0.3 is 5.97 Å². The Labute approximate surface area is 129 Å². The number of carboxylic acids is 1. The van der Waals surface area contributed by atoms with Crippen molar-refractivity contribution in [3.8, 4) is 17.0 Å². The maximum atomic E-state index is 13.9. The van der Waals surface area contributed by atoms with Gasteiger partial charge in [0, 0.05) is 11.1 Å². The van der Waals surface area contributed by atoms with Crippen LogP contribution in [-0.2, 0) is 4.79 Å². The van der Waals surface area contributed by atoms with Crippen molar-refractivity contribution in [3.05, 3.63) is 47.5 Å². The Morgan fingerprint density at radius 3 is 2.83 bits per heavy atom. The molecule has 1 heterocycles. The predicted molar refractivity (Wildman–Crippen MR) is 77.2 cm³/mol. The van der Waals surface area contributed by atoms with Gasteiger partial charge in [-0.3, -0.25) is 0 Å². The number of fused-ring (bicyclic) bond motifs is 1. The summed E-state index contributed by atoms with van der Waals surface area (Å²) in [5, 5.41) is 12.9. The number of benzene rings is 2. The third-order valence-corrected chi connectivity index (χ3v) is 3.37. The number of hydrogen-bond donors (Lipinski definition) is 1. The molecule has 0 radical (unpaired) electrons. The summed E-state index contributed by atoms with van der Waals surface area (Å²) < 4.78 is 37.6. The Morgan fingerprint density at radius 1 is 1.30 bits per heavy atom. The van der Waals surface area contributed by atoms with Gasteiger partial charge in [-0.05, 0) is 37.3 Å². The molecule has 118 valence electrons. The number of hydrogen-bond acceptors (Lipinski definition) is 4. The zero-order valence-electron chi connectivity index (χ0n) is 12.0. The van der Waals surface area contributed by atoms with Crippen LogP contribution in [-0.4, -0.2) is 22.8 Å². The minimum absolute atomic E-state index is 0.0117. The summed E-state index contributed by atoms with van der Waals surface area (Å²) >= 11 is 0. The predicted octanol–water partition coefficient (Wildman–Crippen LogP) is 3.54. The lowest BCUT2D eigenvalue weighted by Crippen LogP contribution is -2.10. The molecule has 0 aliphatic heterocycles. The molecule has 0 amide bonds. The first kappa shape index (κ1) is 15.0. The summed E-state index contributed by atoms with van der Waals surface area (Å²) in [5.74, 6) is -1.99. The summed E-state index contributed by atoms with van der Waals surface area (Å²) in [5.41, 5.74) is 1.01. The number of carbonyl (C=O) groups is 1. The van der Waals surface area contributed by atoms with Crippen LogP contribution in [0.4, 0.5) is 8.78 Å². The highest BCUT2D eigenvalue weighted by Gasteiger charge is 2.18. The largest absolute Gasteiger partial charge is 0.481 e. The van der Waals surface area contributed by atoms with E-state index in [1.165, 1.54) is 0 Å². The van der Waals surface area contributed by atoms with Gasteiger partial charge in [-0.15, -0.1) is 0 Å². The van der Waals surface area contributed by atoms with E-state index in [-0.39, 0.29) is 11.3 Å². The molecule has 0 atom stereocenters. The van der Waals surface area contributed by atoms with Crippen LogP contribution in [0.1, 0.15) is 5.56 Å². The molecular formula is C16H11F2NO4. The highest BCUT2D eigenvalue weighted by atomic mass is 19.1. The second-order valence-corrected chi connectivity index (χ2v) is 4.90. The topological polar surface area (TPSA) is 72.6 Å². The molecule has 0 fully saturated rings. The lowest BCUT2D eigenvalue weighted by atomic mass is 10.0. The van der Waals surface area contributed by atoms with Crippen LogP contribution < -0.4 is 4.74 Å². The van der Waals surface area contributed by atoms with Crippen molar-refractivity contribution in [3.63, 3.8) is 0 Å². The van der Waals surface area contributed by atoms with Gasteiger partial charge in [0.1, 0.15) is 23.1 Å². The van der Waals surface area contributed by atoms with Gasteiger partial charge in [-0.25, -0.2) is 13.6 Å². The van der Waals surface area contributed by atoms with Gasteiger partial charge in [0.05, 0.1) is 5.39 Å². The molecular weight excluding hydrogens is 308 g/mol. The first-order valence-corrected chi connectivity index (χ1v) is 6.66. The Kier molecular flexibility index (Phi) is 3.69. The number of aryl methyl sites for hydroxylation is 1. The first-order valence-electron chi connectivity index (χ1n) is 6.66. The second-order valence-electron chi connectivity index (χ2n) is 4.90. The summed E-state index contributed by atoms with van der Waals surface area (Å²) in [6, 6.07) is 6.18. The maximum Gasteiger partial charge on any atom is 0.341 e. The zero-order chi connectivity index (χ0) is 16.6. The number of ether oxygens (including phenoxy) is 1. The third kappa shape index (κ3) is 2.73. The lowest BCUT2D eigenvalue weighted by Gasteiger charge is -2.06. The smallest absolute Gasteiger partial charge is 0.341 e. The van der Waals surface area contributed by atoms with Crippen molar-refractivity contribution < 1.29 is 27.9 Å². The van der Waals surface area contributed by atoms with E-state index in [9.17, 15) is 13.6 Å². The molecule has 0 saturated heterocycles. The van der Waals surface area contributed by atoms with Crippen molar-refractivity contribution in [1.29, 1.82) is 0 Å². The Bertz CT molecular complexity index is 904. The molecule has 0 aliphatic carbocycles. The number of carboxylic acid groups (broad SMARTS) is 1. The normalized spacial score (nSPS) is 10.9. The van der Waals surface area contributed by atoms with Crippen molar-refractivity contribution in [2.24, 2.45) is 0 Å². The van der Waals surface area contributed by atoms with Gasteiger partial charge in [0.25, 0.3) is 0 Å². The van der Waals surface area contributed by atoms with Crippen LogP contribution in [0.25, 0.3) is 22.2 Å². The maximum absolute atomic E-state index is 13.9. The molecule has 23 heavy (non-hydrogen) atoms. The summed E-state index contributed by atoms with van der Waals surface area (Å²) in [7, 11) is 0. The Hall–Kier alpha value is -2.96. The van der Waals surface area contributed by atoms with Crippen LogP contribution >= 0.6 is 0 Å². The fourth-order valence-electron chi connectivity index (χ4n) is 2.29. The summed E-state index contributed by atoms with van der Waals surface area (Å²) in [6.45, 7) is 1.17. The summed E-state index contributed by atoms with van der Waals surface area (Å²) in [6.07, 6.45) is 0. The zero-order valence-corrected chi connectivity index (χ0v) is 12.0. The van der Waals surface area contributed by atoms with Gasteiger partial charge in [0.2, 0.25) is 0 Å². The minimum Gasteiger partial charge on any atom is -0.481 e.